The first-order chi connectivity index (χ1) is 9.89. The van der Waals surface area contributed by atoms with Crippen LogP contribution in [0.5, 0.6) is 0 Å². The van der Waals surface area contributed by atoms with E-state index in [-0.39, 0.29) is 5.97 Å². The smallest absolute Gasteiger partial charge is 0.332 e. The standard InChI is InChI=1S/C17H28N2O2/c1-13(2)14(3)19(5)12-17(18-4,16(20)21-6)15-10-8-7-9-11-15/h7-11,13-14,18H,12H2,1-6H3. The van der Waals surface area contributed by atoms with Crippen molar-refractivity contribution in [1.29, 1.82) is 0 Å². The fourth-order valence-corrected chi connectivity index (χ4v) is 2.52. The molecular formula is C17H28N2O2. The molecule has 1 aromatic rings. The van der Waals surface area contributed by atoms with Crippen molar-refractivity contribution in [2.24, 2.45) is 5.92 Å². The molecule has 1 rings (SSSR count). The largest absolute Gasteiger partial charge is 0.467 e. The number of hydrogen-bond donors (Lipinski definition) is 1. The minimum atomic E-state index is -0.853. The molecule has 0 aliphatic carbocycles. The summed E-state index contributed by atoms with van der Waals surface area (Å²) in [5.41, 5.74) is 0.0654. The number of esters is 1. The van der Waals surface area contributed by atoms with Crippen LogP contribution in [0, 0.1) is 5.92 Å². The normalized spacial score (nSPS) is 15.8. The van der Waals surface area contributed by atoms with Gasteiger partial charge in [0, 0.05) is 12.6 Å². The Kier molecular flexibility index (Phi) is 6.37. The van der Waals surface area contributed by atoms with Gasteiger partial charge in [-0.1, -0.05) is 44.2 Å². The van der Waals surface area contributed by atoms with Crippen LogP contribution in [-0.4, -0.2) is 44.7 Å². The van der Waals surface area contributed by atoms with Crippen molar-refractivity contribution in [3.05, 3.63) is 35.9 Å². The Morgan fingerprint density at radius 2 is 1.86 bits per heavy atom. The summed E-state index contributed by atoms with van der Waals surface area (Å²) in [4.78, 5) is 14.7. The summed E-state index contributed by atoms with van der Waals surface area (Å²) in [6.45, 7) is 7.10. The minimum absolute atomic E-state index is 0.265. The van der Waals surface area contributed by atoms with Crippen molar-refractivity contribution in [2.75, 3.05) is 27.7 Å². The van der Waals surface area contributed by atoms with Crippen molar-refractivity contribution >= 4 is 5.97 Å². The highest BCUT2D eigenvalue weighted by Gasteiger charge is 2.41. The fraction of sp³-hybridized carbons (Fsp3) is 0.588. The maximum atomic E-state index is 12.5. The first-order valence-electron chi connectivity index (χ1n) is 7.42. The van der Waals surface area contributed by atoms with E-state index in [9.17, 15) is 4.79 Å². The molecule has 0 bridgehead atoms. The second-order valence-electron chi connectivity index (χ2n) is 5.91. The van der Waals surface area contributed by atoms with Gasteiger partial charge in [0.1, 0.15) is 0 Å². The van der Waals surface area contributed by atoms with Crippen molar-refractivity contribution in [3.8, 4) is 0 Å². The Hall–Kier alpha value is -1.39. The maximum Gasteiger partial charge on any atom is 0.332 e. The van der Waals surface area contributed by atoms with Gasteiger partial charge >= 0.3 is 5.97 Å². The number of nitrogens with one attached hydrogen (secondary N) is 1. The number of hydrogen-bond acceptors (Lipinski definition) is 4. The predicted molar refractivity (Wildman–Crippen MR) is 86.1 cm³/mol. The average Bonchev–Trinajstić information content (AvgIpc) is 2.51. The van der Waals surface area contributed by atoms with Crippen LogP contribution < -0.4 is 5.32 Å². The van der Waals surface area contributed by atoms with Gasteiger partial charge in [-0.2, -0.15) is 0 Å². The van der Waals surface area contributed by atoms with E-state index in [2.05, 4.69) is 31.0 Å². The van der Waals surface area contributed by atoms with E-state index >= 15 is 0 Å². The predicted octanol–water partition coefficient (Wildman–Crippen LogP) is 2.25. The molecule has 118 valence electrons. The Morgan fingerprint density at radius 3 is 2.29 bits per heavy atom. The lowest BCUT2D eigenvalue weighted by Crippen LogP contribution is -2.56. The van der Waals surface area contributed by atoms with Crippen LogP contribution in [0.2, 0.25) is 0 Å². The summed E-state index contributed by atoms with van der Waals surface area (Å²) in [5, 5.41) is 3.19. The summed E-state index contributed by atoms with van der Waals surface area (Å²) in [6, 6.07) is 10.1. The van der Waals surface area contributed by atoms with Crippen molar-refractivity contribution in [3.63, 3.8) is 0 Å². The molecule has 2 atom stereocenters. The van der Waals surface area contributed by atoms with Crippen LogP contribution in [-0.2, 0) is 15.1 Å². The number of carbonyl (C=O) groups excluding carboxylic acids is 1. The number of ether oxygens (including phenoxy) is 1. The van der Waals surface area contributed by atoms with Crippen LogP contribution >= 0.6 is 0 Å². The lowest BCUT2D eigenvalue weighted by atomic mass is 9.88. The summed E-state index contributed by atoms with van der Waals surface area (Å²) in [6.07, 6.45) is 0. The number of rotatable bonds is 7. The van der Waals surface area contributed by atoms with Gasteiger partial charge in [-0.15, -0.1) is 0 Å². The summed E-state index contributed by atoms with van der Waals surface area (Å²) in [5.74, 6) is 0.247. The fourth-order valence-electron chi connectivity index (χ4n) is 2.52. The summed E-state index contributed by atoms with van der Waals surface area (Å²) < 4.78 is 5.07. The third-order valence-corrected chi connectivity index (χ3v) is 4.37. The zero-order valence-electron chi connectivity index (χ0n) is 14.0. The molecule has 0 aliphatic rings. The van der Waals surface area contributed by atoms with E-state index in [1.807, 2.05) is 37.4 Å². The molecule has 21 heavy (non-hydrogen) atoms. The number of nitrogens with zero attached hydrogens (tertiary/aromatic N) is 1. The van der Waals surface area contributed by atoms with E-state index in [0.29, 0.717) is 18.5 Å². The van der Waals surface area contributed by atoms with Crippen LogP contribution in [0.15, 0.2) is 30.3 Å². The highest BCUT2D eigenvalue weighted by Crippen LogP contribution is 2.25. The monoisotopic (exact) mass is 292 g/mol. The molecule has 0 saturated heterocycles. The number of benzene rings is 1. The molecule has 0 saturated carbocycles. The third kappa shape index (κ3) is 3.83. The topological polar surface area (TPSA) is 41.6 Å². The first kappa shape index (κ1) is 17.7. The maximum absolute atomic E-state index is 12.5. The van der Waals surface area contributed by atoms with Gasteiger partial charge in [0.15, 0.2) is 5.54 Å². The molecular weight excluding hydrogens is 264 g/mol. The molecule has 0 spiro atoms. The molecule has 0 fully saturated rings. The van der Waals surface area contributed by atoms with Gasteiger partial charge in [-0.25, -0.2) is 4.79 Å². The zero-order chi connectivity index (χ0) is 16.0. The molecule has 0 amide bonds. The van der Waals surface area contributed by atoms with Gasteiger partial charge in [-0.05, 0) is 32.5 Å². The van der Waals surface area contributed by atoms with E-state index in [0.717, 1.165) is 5.56 Å². The van der Waals surface area contributed by atoms with Gasteiger partial charge in [-0.3, -0.25) is 0 Å². The number of methoxy groups -OCH3 is 1. The lowest BCUT2D eigenvalue weighted by molar-refractivity contribution is -0.150. The van der Waals surface area contributed by atoms with Crippen LogP contribution in [0.4, 0.5) is 0 Å². The van der Waals surface area contributed by atoms with Crippen molar-refractivity contribution < 1.29 is 9.53 Å². The summed E-state index contributed by atoms with van der Waals surface area (Å²) >= 11 is 0. The molecule has 0 aliphatic heterocycles. The third-order valence-electron chi connectivity index (χ3n) is 4.37. The molecule has 1 aromatic carbocycles. The molecule has 0 aromatic heterocycles. The van der Waals surface area contributed by atoms with Crippen LogP contribution in [0.1, 0.15) is 26.3 Å². The van der Waals surface area contributed by atoms with E-state index in [4.69, 9.17) is 4.74 Å². The Labute approximate surface area is 128 Å². The SMILES string of the molecule is CNC(CN(C)C(C)C(C)C)(C(=O)OC)c1ccccc1. The van der Waals surface area contributed by atoms with Crippen molar-refractivity contribution in [1.82, 2.24) is 10.2 Å². The molecule has 4 nitrogen and oxygen atoms in total. The van der Waals surface area contributed by atoms with Gasteiger partial charge in [0.25, 0.3) is 0 Å². The number of carbonyl (C=O) groups is 1. The van der Waals surface area contributed by atoms with E-state index in [1.54, 1.807) is 7.05 Å². The second kappa shape index (κ2) is 7.57. The molecule has 4 heteroatoms. The Balaban J connectivity index is 3.17. The second-order valence-corrected chi connectivity index (χ2v) is 5.91. The highest BCUT2D eigenvalue weighted by molar-refractivity contribution is 5.83. The Bertz CT molecular complexity index is 447. The van der Waals surface area contributed by atoms with Crippen molar-refractivity contribution in [2.45, 2.75) is 32.4 Å². The van der Waals surface area contributed by atoms with E-state index in [1.165, 1.54) is 7.11 Å². The van der Waals surface area contributed by atoms with Crippen LogP contribution in [0.25, 0.3) is 0 Å². The molecule has 0 radical (unpaired) electrons. The van der Waals surface area contributed by atoms with Gasteiger partial charge in [0.2, 0.25) is 0 Å². The first-order valence-corrected chi connectivity index (χ1v) is 7.42. The lowest BCUT2D eigenvalue weighted by Gasteiger charge is -2.38. The minimum Gasteiger partial charge on any atom is -0.467 e. The molecule has 0 heterocycles. The van der Waals surface area contributed by atoms with Crippen LogP contribution in [0.3, 0.4) is 0 Å². The van der Waals surface area contributed by atoms with Gasteiger partial charge < -0.3 is 15.0 Å². The van der Waals surface area contributed by atoms with Gasteiger partial charge in [0.05, 0.1) is 7.11 Å². The highest BCUT2D eigenvalue weighted by atomic mass is 16.5. The quantitative estimate of drug-likeness (QED) is 0.783. The summed E-state index contributed by atoms with van der Waals surface area (Å²) in [7, 11) is 5.28. The molecule has 2 unspecified atom stereocenters. The molecule has 1 N–H and O–H groups in total. The average molecular weight is 292 g/mol. The zero-order valence-corrected chi connectivity index (χ0v) is 14.0. The number of likely N-dealkylation sites (N-methyl/N-ethyl adjacent to an activating group) is 2. The Morgan fingerprint density at radius 1 is 1.29 bits per heavy atom. The van der Waals surface area contributed by atoms with E-state index < -0.39 is 5.54 Å².